The van der Waals surface area contributed by atoms with Gasteiger partial charge in [-0.25, -0.2) is 0 Å². The molecule has 3 N–H and O–H groups in total. The fourth-order valence-corrected chi connectivity index (χ4v) is 1.77. The van der Waals surface area contributed by atoms with Crippen molar-refractivity contribution in [1.29, 1.82) is 0 Å². The second kappa shape index (κ2) is 11.5. The largest absolute Gasteiger partial charge is 0.462 e. The maximum Gasteiger partial charge on any atom is 0.293 e. The van der Waals surface area contributed by atoms with E-state index in [0.29, 0.717) is 6.47 Å². The third-order valence-corrected chi connectivity index (χ3v) is 3.02. The van der Waals surface area contributed by atoms with Crippen molar-refractivity contribution in [3.63, 3.8) is 0 Å². The molecule has 6 heteroatoms. The van der Waals surface area contributed by atoms with Gasteiger partial charge >= 0.3 is 0 Å². The van der Waals surface area contributed by atoms with Crippen LogP contribution in [0.15, 0.2) is 0 Å². The van der Waals surface area contributed by atoms with Gasteiger partial charge in [0.1, 0.15) is 5.60 Å². The van der Waals surface area contributed by atoms with Gasteiger partial charge in [-0.2, -0.15) is 0 Å². The average Bonchev–Trinajstić information content (AvgIpc) is 2.93. The molecule has 0 aromatic rings. The minimum atomic E-state index is -0.318. The molecule has 6 nitrogen and oxygen atoms in total. The molecule has 2 saturated heterocycles. The van der Waals surface area contributed by atoms with Crippen LogP contribution >= 0.6 is 0 Å². The summed E-state index contributed by atoms with van der Waals surface area (Å²) in [5, 5.41) is 9.21. The van der Waals surface area contributed by atoms with Crippen molar-refractivity contribution < 1.29 is 14.3 Å². The van der Waals surface area contributed by atoms with Gasteiger partial charge in [0.05, 0.1) is 0 Å². The topological polar surface area (TPSA) is 79.5 Å². The molecule has 2 aliphatic rings. The number of hydrogen-bond donors (Lipinski definition) is 3. The van der Waals surface area contributed by atoms with Crippen LogP contribution in [0.2, 0.25) is 0 Å². The van der Waals surface area contributed by atoms with Crippen molar-refractivity contribution in [2.45, 2.75) is 58.1 Å². The molecular weight excluding hydrogens is 270 g/mol. The Morgan fingerprint density at radius 2 is 2.00 bits per heavy atom. The zero-order chi connectivity index (χ0) is 16.1. The molecule has 21 heavy (non-hydrogen) atoms. The lowest BCUT2D eigenvalue weighted by molar-refractivity contribution is -0.138. The van der Waals surface area contributed by atoms with E-state index in [-0.39, 0.29) is 11.5 Å². The normalized spacial score (nSPS) is 21.1. The van der Waals surface area contributed by atoms with Crippen LogP contribution in [0.3, 0.4) is 0 Å². The van der Waals surface area contributed by atoms with E-state index in [0.717, 1.165) is 38.4 Å². The Balaban J connectivity index is 0.000000286. The number of carbonyl (C=O) groups is 2. The molecule has 2 aliphatic heterocycles. The monoisotopic (exact) mass is 301 g/mol. The first-order chi connectivity index (χ1) is 9.89. The Hall–Kier alpha value is -1.14. The van der Waals surface area contributed by atoms with Crippen molar-refractivity contribution in [2.24, 2.45) is 0 Å². The van der Waals surface area contributed by atoms with E-state index >= 15 is 0 Å². The summed E-state index contributed by atoms with van der Waals surface area (Å²) in [6, 6.07) is 0.736. The van der Waals surface area contributed by atoms with Gasteiger partial charge in [0.15, 0.2) is 0 Å². The maximum absolute atomic E-state index is 10.4. The summed E-state index contributed by atoms with van der Waals surface area (Å²) in [7, 11) is 2.01. The standard InChI is InChI=1S/C5H12N2.C5H9NO.C5H10O2/c1-6-5-2-3-7-4-5;7-5-3-1-2-4-6-5;1-5(2,3)7-4-6/h5-7H,2-4H2,1H3;1-4H2,(H,6,7);4H,1-3H3. The predicted molar refractivity (Wildman–Crippen MR) is 84.1 cm³/mol. The molecule has 2 rings (SSSR count). The molecule has 1 unspecified atom stereocenters. The Kier molecular flexibility index (Phi) is 10.9. The zero-order valence-electron chi connectivity index (χ0n) is 13.8. The molecule has 0 aromatic heterocycles. The summed E-state index contributed by atoms with van der Waals surface area (Å²) in [4.78, 5) is 20.0. The zero-order valence-corrected chi connectivity index (χ0v) is 13.8. The average molecular weight is 301 g/mol. The van der Waals surface area contributed by atoms with Crippen molar-refractivity contribution in [3.8, 4) is 0 Å². The van der Waals surface area contributed by atoms with E-state index in [1.165, 1.54) is 13.0 Å². The Morgan fingerprint density at radius 1 is 1.29 bits per heavy atom. The van der Waals surface area contributed by atoms with Crippen LogP contribution in [-0.2, 0) is 14.3 Å². The SMILES string of the molecule is CC(C)(C)OC=O.CNC1CCNC1.O=C1CCCCN1. The molecule has 2 heterocycles. The minimum absolute atomic E-state index is 0.214. The number of ether oxygens (including phenoxy) is 1. The number of hydrogen-bond acceptors (Lipinski definition) is 5. The fourth-order valence-electron chi connectivity index (χ4n) is 1.77. The van der Waals surface area contributed by atoms with Crippen LogP contribution in [0.25, 0.3) is 0 Å². The van der Waals surface area contributed by atoms with Gasteiger partial charge in [-0.3, -0.25) is 9.59 Å². The molecule has 0 spiro atoms. The summed E-state index contributed by atoms with van der Waals surface area (Å²) in [5.41, 5.74) is -0.318. The highest BCUT2D eigenvalue weighted by atomic mass is 16.5. The summed E-state index contributed by atoms with van der Waals surface area (Å²) in [5.74, 6) is 0.214. The highest BCUT2D eigenvalue weighted by molar-refractivity contribution is 5.76. The van der Waals surface area contributed by atoms with Crippen LogP contribution in [0.1, 0.15) is 46.5 Å². The Morgan fingerprint density at radius 3 is 2.19 bits per heavy atom. The minimum Gasteiger partial charge on any atom is -0.462 e. The quantitative estimate of drug-likeness (QED) is 0.658. The van der Waals surface area contributed by atoms with Crippen molar-refractivity contribution >= 4 is 12.4 Å². The van der Waals surface area contributed by atoms with E-state index in [1.807, 2.05) is 27.8 Å². The van der Waals surface area contributed by atoms with Gasteiger partial charge in [-0.05, 0) is 53.6 Å². The van der Waals surface area contributed by atoms with Gasteiger partial charge in [-0.1, -0.05) is 0 Å². The lowest BCUT2D eigenvalue weighted by atomic mass is 10.2. The van der Waals surface area contributed by atoms with E-state index in [1.54, 1.807) is 0 Å². The molecule has 0 aromatic carbocycles. The molecule has 0 saturated carbocycles. The predicted octanol–water partition coefficient (Wildman–Crippen LogP) is 0.812. The summed E-state index contributed by atoms with van der Waals surface area (Å²) in [6.45, 7) is 9.14. The first-order valence-corrected chi connectivity index (χ1v) is 7.65. The number of rotatable bonds is 2. The summed E-state index contributed by atoms with van der Waals surface area (Å²) in [6.07, 6.45) is 4.26. The highest BCUT2D eigenvalue weighted by Gasteiger charge is 2.09. The van der Waals surface area contributed by atoms with Gasteiger partial charge < -0.3 is 20.7 Å². The van der Waals surface area contributed by atoms with Gasteiger partial charge in [0, 0.05) is 25.6 Å². The van der Waals surface area contributed by atoms with Crippen LogP contribution in [-0.4, -0.2) is 50.7 Å². The number of amides is 1. The van der Waals surface area contributed by atoms with Gasteiger partial charge in [0.2, 0.25) is 5.91 Å². The molecule has 0 bridgehead atoms. The van der Waals surface area contributed by atoms with Crippen LogP contribution < -0.4 is 16.0 Å². The number of likely N-dealkylation sites (N-methyl/N-ethyl adjacent to an activating group) is 1. The van der Waals surface area contributed by atoms with Crippen molar-refractivity contribution in [3.05, 3.63) is 0 Å². The molecule has 0 aliphatic carbocycles. The number of nitrogens with one attached hydrogen (secondary N) is 3. The molecular formula is C15H31N3O3. The lowest BCUT2D eigenvalue weighted by Crippen LogP contribution is -2.28. The molecule has 0 radical (unpaired) electrons. The van der Waals surface area contributed by atoms with Crippen LogP contribution in [0.5, 0.6) is 0 Å². The fraction of sp³-hybridized carbons (Fsp3) is 0.867. The van der Waals surface area contributed by atoms with Gasteiger partial charge in [0.25, 0.3) is 6.47 Å². The van der Waals surface area contributed by atoms with Crippen LogP contribution in [0, 0.1) is 0 Å². The third-order valence-electron chi connectivity index (χ3n) is 3.02. The van der Waals surface area contributed by atoms with Crippen LogP contribution in [0.4, 0.5) is 0 Å². The first kappa shape index (κ1) is 19.9. The van der Waals surface area contributed by atoms with E-state index in [2.05, 4.69) is 20.7 Å². The second-order valence-corrected chi connectivity index (χ2v) is 6.11. The lowest BCUT2D eigenvalue weighted by Gasteiger charge is -2.14. The maximum atomic E-state index is 10.4. The summed E-state index contributed by atoms with van der Waals surface area (Å²) < 4.78 is 4.55. The van der Waals surface area contributed by atoms with E-state index < -0.39 is 0 Å². The Bertz CT molecular complexity index is 276. The molecule has 124 valence electrons. The summed E-state index contributed by atoms with van der Waals surface area (Å²) >= 11 is 0. The van der Waals surface area contributed by atoms with E-state index in [9.17, 15) is 9.59 Å². The van der Waals surface area contributed by atoms with Crippen molar-refractivity contribution in [1.82, 2.24) is 16.0 Å². The number of piperidine rings is 1. The molecule has 2 fully saturated rings. The second-order valence-electron chi connectivity index (χ2n) is 6.11. The van der Waals surface area contributed by atoms with E-state index in [4.69, 9.17) is 0 Å². The smallest absolute Gasteiger partial charge is 0.293 e. The third kappa shape index (κ3) is 13.6. The van der Waals surface area contributed by atoms with Gasteiger partial charge in [-0.15, -0.1) is 0 Å². The van der Waals surface area contributed by atoms with Crippen molar-refractivity contribution in [2.75, 3.05) is 26.7 Å². The Labute approximate surface area is 128 Å². The highest BCUT2D eigenvalue weighted by Crippen LogP contribution is 2.02. The molecule has 1 amide bonds. The molecule has 1 atom stereocenters. The first-order valence-electron chi connectivity index (χ1n) is 7.65. The number of carbonyl (C=O) groups excluding carboxylic acids is 2.